The topological polar surface area (TPSA) is 87.7 Å². The summed E-state index contributed by atoms with van der Waals surface area (Å²) < 4.78 is 31.8. The molecule has 0 radical (unpaired) electrons. The summed E-state index contributed by atoms with van der Waals surface area (Å²) in [5, 5.41) is 2.82. The monoisotopic (exact) mass is 313 g/mol. The molecule has 2 N–H and O–H groups in total. The number of hydrogen-bond donors (Lipinski definition) is 2. The third kappa shape index (κ3) is 3.93. The highest BCUT2D eigenvalue weighted by molar-refractivity contribution is 7.87. The van der Waals surface area contributed by atoms with Crippen molar-refractivity contribution in [3.63, 3.8) is 0 Å². The van der Waals surface area contributed by atoms with Crippen LogP contribution >= 0.6 is 0 Å². The number of ether oxygens (including phenoxy) is 1. The first-order valence-electron chi connectivity index (χ1n) is 6.58. The van der Waals surface area contributed by atoms with E-state index in [1.807, 2.05) is 24.3 Å². The van der Waals surface area contributed by atoms with Crippen molar-refractivity contribution in [2.45, 2.75) is 12.5 Å². The van der Waals surface area contributed by atoms with Gasteiger partial charge in [0.15, 0.2) is 0 Å². The van der Waals surface area contributed by atoms with Crippen molar-refractivity contribution in [1.29, 1.82) is 0 Å². The molecule has 0 fully saturated rings. The second kappa shape index (κ2) is 6.42. The summed E-state index contributed by atoms with van der Waals surface area (Å²) in [5.41, 5.74) is 0.910. The number of nitrogens with zero attached hydrogens (tertiary/aromatic N) is 1. The van der Waals surface area contributed by atoms with Crippen molar-refractivity contribution in [2.75, 3.05) is 27.2 Å². The molecule has 1 amide bonds. The molecule has 21 heavy (non-hydrogen) atoms. The van der Waals surface area contributed by atoms with E-state index in [9.17, 15) is 13.2 Å². The third-order valence-corrected chi connectivity index (χ3v) is 4.66. The van der Waals surface area contributed by atoms with E-state index < -0.39 is 10.2 Å². The predicted octanol–water partition coefficient (Wildman–Crippen LogP) is 0.0224. The van der Waals surface area contributed by atoms with Crippen LogP contribution in [0.5, 0.6) is 5.75 Å². The van der Waals surface area contributed by atoms with Gasteiger partial charge in [0, 0.05) is 26.1 Å². The van der Waals surface area contributed by atoms with Crippen LogP contribution in [0.25, 0.3) is 0 Å². The van der Waals surface area contributed by atoms with Gasteiger partial charge in [-0.1, -0.05) is 18.2 Å². The Morgan fingerprint density at radius 2 is 2.10 bits per heavy atom. The molecule has 1 aliphatic rings. The van der Waals surface area contributed by atoms with Crippen LogP contribution in [0.2, 0.25) is 0 Å². The summed E-state index contributed by atoms with van der Waals surface area (Å²) in [4.78, 5) is 11.9. The van der Waals surface area contributed by atoms with E-state index in [0.29, 0.717) is 13.0 Å². The standard InChI is InChI=1S/C13H19N3O4S/c1-16(2)21(18,19)14-9-13(17)15-11-7-8-20-12-6-4-3-5-10(11)12/h3-6,11,14H,7-9H2,1-2H3,(H,15,17)/t11-/m1/s1. The second-order valence-electron chi connectivity index (χ2n) is 4.90. The largest absolute Gasteiger partial charge is 0.493 e. The van der Waals surface area contributed by atoms with Gasteiger partial charge in [0.25, 0.3) is 10.2 Å². The molecule has 8 heteroatoms. The average molecular weight is 313 g/mol. The minimum absolute atomic E-state index is 0.161. The van der Waals surface area contributed by atoms with Gasteiger partial charge in [-0.3, -0.25) is 4.79 Å². The van der Waals surface area contributed by atoms with Crippen LogP contribution in [-0.2, 0) is 15.0 Å². The summed E-state index contributed by atoms with van der Waals surface area (Å²) in [6, 6.07) is 7.33. The molecule has 0 bridgehead atoms. The maximum absolute atomic E-state index is 11.9. The van der Waals surface area contributed by atoms with E-state index in [4.69, 9.17) is 4.74 Å². The quantitative estimate of drug-likeness (QED) is 0.802. The van der Waals surface area contributed by atoms with Gasteiger partial charge >= 0.3 is 0 Å². The number of hydrogen-bond acceptors (Lipinski definition) is 4. The molecule has 1 atom stereocenters. The summed E-state index contributed by atoms with van der Waals surface area (Å²) in [5.74, 6) is 0.380. The smallest absolute Gasteiger partial charge is 0.279 e. The number of amides is 1. The summed E-state index contributed by atoms with van der Waals surface area (Å²) >= 11 is 0. The molecule has 1 aromatic carbocycles. The molecule has 116 valence electrons. The van der Waals surface area contributed by atoms with E-state index in [2.05, 4.69) is 10.0 Å². The summed E-state index contributed by atoms with van der Waals surface area (Å²) in [7, 11) is -0.801. The van der Waals surface area contributed by atoms with Gasteiger partial charge in [0.05, 0.1) is 19.2 Å². The highest BCUT2D eigenvalue weighted by Gasteiger charge is 2.23. The Balaban J connectivity index is 1.96. The minimum Gasteiger partial charge on any atom is -0.493 e. The predicted molar refractivity (Wildman–Crippen MR) is 78.0 cm³/mol. The number of rotatable bonds is 5. The Bertz CT molecular complexity index is 616. The number of carbonyl (C=O) groups excluding carboxylic acids is 1. The van der Waals surface area contributed by atoms with Gasteiger partial charge < -0.3 is 10.1 Å². The number of benzene rings is 1. The molecular formula is C13H19N3O4S. The minimum atomic E-state index is -3.60. The van der Waals surface area contributed by atoms with Crippen LogP contribution in [0.3, 0.4) is 0 Å². The maximum Gasteiger partial charge on any atom is 0.279 e. The molecule has 1 aliphatic heterocycles. The van der Waals surface area contributed by atoms with Gasteiger partial charge in [-0.25, -0.2) is 0 Å². The number of para-hydroxylation sites is 1. The molecule has 1 aromatic rings. The Hall–Kier alpha value is -1.64. The summed E-state index contributed by atoms with van der Waals surface area (Å²) in [6.45, 7) is 0.228. The number of carbonyl (C=O) groups is 1. The lowest BCUT2D eigenvalue weighted by atomic mass is 10.0. The van der Waals surface area contributed by atoms with Gasteiger partial charge in [-0.15, -0.1) is 0 Å². The second-order valence-corrected chi connectivity index (χ2v) is 6.87. The zero-order valence-corrected chi connectivity index (χ0v) is 12.8. The van der Waals surface area contributed by atoms with Crippen LogP contribution < -0.4 is 14.8 Å². The molecule has 7 nitrogen and oxygen atoms in total. The first kappa shape index (κ1) is 15.7. The van der Waals surface area contributed by atoms with Crippen LogP contribution in [0.1, 0.15) is 18.0 Å². The molecular weight excluding hydrogens is 294 g/mol. The fraction of sp³-hybridized carbons (Fsp3) is 0.462. The van der Waals surface area contributed by atoms with E-state index >= 15 is 0 Å². The maximum atomic E-state index is 11.9. The van der Waals surface area contributed by atoms with Crippen LogP contribution in [0, 0.1) is 0 Å². The molecule has 2 rings (SSSR count). The molecule has 0 aromatic heterocycles. The third-order valence-electron chi connectivity index (χ3n) is 3.19. The van der Waals surface area contributed by atoms with Crippen molar-refractivity contribution in [3.8, 4) is 5.75 Å². The number of fused-ring (bicyclic) bond motifs is 1. The van der Waals surface area contributed by atoms with Crippen LogP contribution in [-0.4, -0.2) is 45.9 Å². The van der Waals surface area contributed by atoms with E-state index in [-0.39, 0.29) is 18.5 Å². The molecule has 1 heterocycles. The van der Waals surface area contributed by atoms with Crippen molar-refractivity contribution >= 4 is 16.1 Å². The average Bonchev–Trinajstić information content (AvgIpc) is 2.45. The van der Waals surface area contributed by atoms with Crippen molar-refractivity contribution in [3.05, 3.63) is 29.8 Å². The first-order chi connectivity index (χ1) is 9.90. The Morgan fingerprint density at radius 3 is 2.81 bits per heavy atom. The van der Waals surface area contributed by atoms with Crippen LogP contribution in [0.4, 0.5) is 0 Å². The fourth-order valence-electron chi connectivity index (χ4n) is 2.02. The zero-order valence-electron chi connectivity index (χ0n) is 12.0. The Labute approximate surface area is 124 Å². The van der Waals surface area contributed by atoms with Gasteiger partial charge in [-0.05, 0) is 6.07 Å². The van der Waals surface area contributed by atoms with E-state index in [0.717, 1.165) is 15.6 Å². The van der Waals surface area contributed by atoms with Crippen molar-refractivity contribution < 1.29 is 17.9 Å². The van der Waals surface area contributed by atoms with Crippen LogP contribution in [0.15, 0.2) is 24.3 Å². The van der Waals surface area contributed by atoms with Gasteiger partial charge in [0.2, 0.25) is 5.91 Å². The van der Waals surface area contributed by atoms with Gasteiger partial charge in [-0.2, -0.15) is 17.4 Å². The summed E-state index contributed by atoms with van der Waals surface area (Å²) in [6.07, 6.45) is 0.656. The lowest BCUT2D eigenvalue weighted by Crippen LogP contribution is -2.43. The molecule has 0 unspecified atom stereocenters. The Kier molecular flexibility index (Phi) is 4.81. The highest BCUT2D eigenvalue weighted by atomic mass is 32.2. The van der Waals surface area contributed by atoms with E-state index in [1.165, 1.54) is 14.1 Å². The molecule has 0 aliphatic carbocycles. The number of nitrogens with one attached hydrogen (secondary N) is 2. The Morgan fingerprint density at radius 1 is 1.38 bits per heavy atom. The van der Waals surface area contributed by atoms with Crippen molar-refractivity contribution in [2.24, 2.45) is 0 Å². The SMILES string of the molecule is CN(C)S(=O)(=O)NCC(=O)N[C@@H]1CCOc2ccccc21. The normalized spacial score (nSPS) is 18.0. The lowest BCUT2D eigenvalue weighted by molar-refractivity contribution is -0.120. The first-order valence-corrected chi connectivity index (χ1v) is 8.02. The highest BCUT2D eigenvalue weighted by Crippen LogP contribution is 2.31. The molecule has 0 spiro atoms. The fourth-order valence-corrected chi connectivity index (χ4v) is 2.59. The van der Waals surface area contributed by atoms with Crippen molar-refractivity contribution in [1.82, 2.24) is 14.3 Å². The lowest BCUT2D eigenvalue weighted by Gasteiger charge is -2.26. The molecule has 0 saturated carbocycles. The van der Waals surface area contributed by atoms with E-state index in [1.54, 1.807) is 0 Å². The molecule has 0 saturated heterocycles. The zero-order chi connectivity index (χ0) is 15.5. The van der Waals surface area contributed by atoms with Gasteiger partial charge in [0.1, 0.15) is 5.75 Å².